The highest BCUT2D eigenvalue weighted by molar-refractivity contribution is 7.22. The maximum Gasteiger partial charge on any atom is 0.268 e. The fourth-order valence-electron chi connectivity index (χ4n) is 3.87. The summed E-state index contributed by atoms with van der Waals surface area (Å²) < 4.78 is 14.2. The van der Waals surface area contributed by atoms with E-state index in [0.717, 1.165) is 38.3 Å². The third kappa shape index (κ3) is 3.68. The molecule has 0 aliphatic heterocycles. The molecule has 0 saturated heterocycles. The third-order valence-corrected chi connectivity index (χ3v) is 6.62. The van der Waals surface area contributed by atoms with Gasteiger partial charge in [0.25, 0.3) is 11.4 Å². The van der Waals surface area contributed by atoms with Crippen LogP contribution in [0, 0.1) is 20.8 Å². The second kappa shape index (κ2) is 7.90. The maximum absolute atomic E-state index is 12.9. The molecule has 5 rings (SSSR count). The average Bonchev–Trinajstić information content (AvgIpc) is 3.41. The highest BCUT2D eigenvalue weighted by Crippen LogP contribution is 2.42. The molecule has 3 heterocycles. The number of ether oxygens (including phenoxy) is 1. The van der Waals surface area contributed by atoms with Crippen LogP contribution in [0.1, 0.15) is 17.0 Å². The summed E-state index contributed by atoms with van der Waals surface area (Å²) in [6, 6.07) is 13.5. The predicted octanol–water partition coefficient (Wildman–Crippen LogP) is 5.62. The van der Waals surface area contributed by atoms with Gasteiger partial charge in [-0.3, -0.25) is 4.79 Å². The van der Waals surface area contributed by atoms with Crippen molar-refractivity contribution in [2.45, 2.75) is 20.8 Å². The van der Waals surface area contributed by atoms with Crippen molar-refractivity contribution >= 4 is 27.1 Å². The van der Waals surface area contributed by atoms with Crippen LogP contribution in [0.25, 0.3) is 32.0 Å². The van der Waals surface area contributed by atoms with Crippen LogP contribution in [0.2, 0.25) is 0 Å². The summed E-state index contributed by atoms with van der Waals surface area (Å²) in [6.45, 7) is 5.76. The van der Waals surface area contributed by atoms with Crippen molar-refractivity contribution in [3.63, 3.8) is 0 Å². The summed E-state index contributed by atoms with van der Waals surface area (Å²) in [5, 5.41) is 8.81. The molecule has 2 N–H and O–H groups in total. The number of nitrogen functional groups attached to an aromatic ring is 1. The molecule has 0 fully saturated rings. The zero-order valence-electron chi connectivity index (χ0n) is 18.7. The molecule has 0 atom stereocenters. The van der Waals surface area contributed by atoms with Gasteiger partial charge < -0.3 is 19.5 Å². The molecule has 3 aromatic heterocycles. The number of nitrogens with zero attached hydrogens (tertiary/aromatic N) is 3. The molecule has 0 unspecified atom stereocenters. The van der Waals surface area contributed by atoms with Crippen molar-refractivity contribution in [2.75, 3.05) is 5.73 Å². The average molecular weight is 459 g/mol. The molecular formula is C25H22N4O3S. The fraction of sp³-hybridized carbons (Fsp3) is 0.160. The Morgan fingerprint density at radius 3 is 2.48 bits per heavy atom. The fourth-order valence-corrected chi connectivity index (χ4v) is 4.94. The number of aromatic nitrogens is 3. The zero-order chi connectivity index (χ0) is 23.3. The van der Waals surface area contributed by atoms with Gasteiger partial charge in [-0.25, -0.2) is 0 Å². The molecule has 7 nitrogen and oxygen atoms in total. The van der Waals surface area contributed by atoms with Crippen LogP contribution in [-0.2, 0) is 7.05 Å². The Bertz CT molecular complexity index is 1560. The molecule has 0 spiro atoms. The maximum atomic E-state index is 12.9. The van der Waals surface area contributed by atoms with Crippen molar-refractivity contribution in [2.24, 2.45) is 7.05 Å². The summed E-state index contributed by atoms with van der Waals surface area (Å²) in [5.41, 5.74) is 10.4. The molecule has 33 heavy (non-hydrogen) atoms. The molecule has 0 aliphatic carbocycles. The van der Waals surface area contributed by atoms with Crippen LogP contribution in [0.4, 0.5) is 5.69 Å². The van der Waals surface area contributed by atoms with Gasteiger partial charge in [-0.2, -0.15) is 0 Å². The molecule has 5 aromatic rings. The van der Waals surface area contributed by atoms with Crippen LogP contribution in [0.15, 0.2) is 57.9 Å². The molecule has 0 amide bonds. The van der Waals surface area contributed by atoms with E-state index >= 15 is 0 Å². The first-order valence-corrected chi connectivity index (χ1v) is 11.2. The number of para-hydroxylation sites is 1. The number of hydrogen-bond acceptors (Lipinski definition) is 7. The van der Waals surface area contributed by atoms with E-state index in [1.165, 1.54) is 11.3 Å². The summed E-state index contributed by atoms with van der Waals surface area (Å²) >= 11 is 1.33. The summed E-state index contributed by atoms with van der Waals surface area (Å²) in [4.78, 5) is 13.7. The van der Waals surface area contributed by atoms with Crippen LogP contribution >= 0.6 is 11.3 Å². The minimum atomic E-state index is -0.0950. The molecule has 2 aromatic carbocycles. The van der Waals surface area contributed by atoms with Crippen molar-refractivity contribution < 1.29 is 9.15 Å². The molecule has 8 heteroatoms. The summed E-state index contributed by atoms with van der Waals surface area (Å²) in [6.07, 6.45) is 1.81. The van der Waals surface area contributed by atoms with E-state index in [0.29, 0.717) is 27.9 Å². The lowest BCUT2D eigenvalue weighted by molar-refractivity contribution is 0.477. The highest BCUT2D eigenvalue weighted by atomic mass is 32.1. The van der Waals surface area contributed by atoms with Gasteiger partial charge in [-0.1, -0.05) is 18.2 Å². The highest BCUT2D eigenvalue weighted by Gasteiger charge is 2.20. The summed E-state index contributed by atoms with van der Waals surface area (Å²) in [5.74, 6) is 2.32. The van der Waals surface area contributed by atoms with E-state index in [1.54, 1.807) is 18.5 Å². The number of benzene rings is 2. The third-order valence-electron chi connectivity index (χ3n) is 5.51. The molecule has 0 saturated carbocycles. The standard InChI is InChI=1S/C25H22N4O3S/c1-13-6-5-7-14(2)22(13)32-20-9-8-16(26)10-17(20)19-12-29(4)25(30)23-18(19)11-21(33-23)24-28-27-15(3)31-24/h5-12H,26H2,1-4H3. The molecular weight excluding hydrogens is 436 g/mol. The Morgan fingerprint density at radius 2 is 1.79 bits per heavy atom. The van der Waals surface area contributed by atoms with Crippen molar-refractivity contribution in [1.29, 1.82) is 0 Å². The Balaban J connectivity index is 1.74. The SMILES string of the molecule is Cc1nnc(-c2cc3c(-c4cc(N)ccc4Oc4c(C)cccc4C)cn(C)c(=O)c3s2)o1. The lowest BCUT2D eigenvalue weighted by Crippen LogP contribution is -2.15. The van der Waals surface area contributed by atoms with E-state index in [-0.39, 0.29) is 5.56 Å². The number of thiophene rings is 1. The number of nitrogens with two attached hydrogens (primary N) is 1. The quantitative estimate of drug-likeness (QED) is 0.351. The van der Waals surface area contributed by atoms with E-state index in [9.17, 15) is 4.79 Å². The second-order valence-electron chi connectivity index (χ2n) is 8.02. The molecule has 0 aliphatic rings. The Kier molecular flexibility index (Phi) is 5.02. The first kappa shape index (κ1) is 21.0. The van der Waals surface area contributed by atoms with E-state index in [2.05, 4.69) is 10.2 Å². The van der Waals surface area contributed by atoms with Crippen LogP contribution in [0.3, 0.4) is 0 Å². The smallest absolute Gasteiger partial charge is 0.268 e. The lowest BCUT2D eigenvalue weighted by atomic mass is 10.0. The van der Waals surface area contributed by atoms with Gasteiger partial charge in [0.1, 0.15) is 16.2 Å². The number of pyridine rings is 1. The number of hydrogen-bond donors (Lipinski definition) is 1. The first-order chi connectivity index (χ1) is 15.8. The number of aryl methyl sites for hydroxylation is 4. The topological polar surface area (TPSA) is 96.2 Å². The van der Waals surface area contributed by atoms with Crippen LogP contribution < -0.4 is 16.0 Å². The van der Waals surface area contributed by atoms with Crippen LogP contribution in [0.5, 0.6) is 11.5 Å². The Labute approximate surface area is 194 Å². The molecule has 0 bridgehead atoms. The van der Waals surface area contributed by atoms with Gasteiger partial charge in [-0.05, 0) is 49.2 Å². The van der Waals surface area contributed by atoms with Crippen molar-refractivity contribution in [3.8, 4) is 33.4 Å². The van der Waals surface area contributed by atoms with Gasteiger partial charge in [0.15, 0.2) is 0 Å². The molecule has 166 valence electrons. The van der Waals surface area contributed by atoms with Crippen molar-refractivity contribution in [1.82, 2.24) is 14.8 Å². The summed E-state index contributed by atoms with van der Waals surface area (Å²) in [7, 11) is 1.74. The predicted molar refractivity (Wildman–Crippen MR) is 131 cm³/mol. The Hall–Kier alpha value is -3.91. The van der Waals surface area contributed by atoms with Gasteiger partial charge >= 0.3 is 0 Å². The van der Waals surface area contributed by atoms with E-state index < -0.39 is 0 Å². The van der Waals surface area contributed by atoms with Crippen LogP contribution in [-0.4, -0.2) is 14.8 Å². The second-order valence-corrected chi connectivity index (χ2v) is 9.07. The molecule has 0 radical (unpaired) electrons. The largest absolute Gasteiger partial charge is 0.456 e. The zero-order valence-corrected chi connectivity index (χ0v) is 19.5. The van der Waals surface area contributed by atoms with E-state index in [4.69, 9.17) is 14.9 Å². The lowest BCUT2D eigenvalue weighted by Gasteiger charge is -2.16. The van der Waals surface area contributed by atoms with Gasteiger partial charge in [0, 0.05) is 42.4 Å². The van der Waals surface area contributed by atoms with Crippen molar-refractivity contribution in [3.05, 3.63) is 76.0 Å². The van der Waals surface area contributed by atoms with Gasteiger partial charge in [-0.15, -0.1) is 21.5 Å². The van der Waals surface area contributed by atoms with E-state index in [1.807, 2.05) is 62.5 Å². The minimum Gasteiger partial charge on any atom is -0.456 e. The van der Waals surface area contributed by atoms with Gasteiger partial charge in [0.2, 0.25) is 5.89 Å². The first-order valence-electron chi connectivity index (χ1n) is 10.4. The number of anilines is 1. The Morgan fingerprint density at radius 1 is 1.03 bits per heavy atom. The van der Waals surface area contributed by atoms with Gasteiger partial charge in [0.05, 0.1) is 4.88 Å². The number of fused-ring (bicyclic) bond motifs is 1. The monoisotopic (exact) mass is 458 g/mol. The minimum absolute atomic E-state index is 0.0950. The normalized spacial score (nSPS) is 11.3. The number of rotatable bonds is 4.